The number of hydrogen-bond acceptors (Lipinski definition) is 3. The molecular weight excluding hydrogens is 300 g/mol. The third kappa shape index (κ3) is 7.59. The molecule has 0 spiro atoms. The lowest BCUT2D eigenvalue weighted by Crippen LogP contribution is -2.38. The molecule has 2 fully saturated rings. The molecule has 1 atom stereocenters. The zero-order valence-corrected chi connectivity index (χ0v) is 15.1. The van der Waals surface area contributed by atoms with E-state index in [9.17, 15) is 4.79 Å². The van der Waals surface area contributed by atoms with Crippen molar-refractivity contribution in [1.29, 1.82) is 0 Å². The fourth-order valence-corrected chi connectivity index (χ4v) is 3.35. The molecule has 0 aromatic rings. The third-order valence-corrected chi connectivity index (χ3v) is 4.68. The maximum atomic E-state index is 11.1. The Bertz CT molecular complexity index is 380. The molecule has 3 nitrogen and oxygen atoms in total. The van der Waals surface area contributed by atoms with Gasteiger partial charge in [-0.3, -0.25) is 4.79 Å². The van der Waals surface area contributed by atoms with Crippen LogP contribution in [0.25, 0.3) is 0 Å². The first-order chi connectivity index (χ1) is 11.7. The van der Waals surface area contributed by atoms with Gasteiger partial charge in [0.15, 0.2) is 5.79 Å². The highest BCUT2D eigenvalue weighted by Crippen LogP contribution is 2.32. The van der Waals surface area contributed by atoms with Gasteiger partial charge in [-0.15, -0.1) is 19.7 Å². The van der Waals surface area contributed by atoms with E-state index >= 15 is 0 Å². The molecule has 0 saturated heterocycles. The fourth-order valence-electron chi connectivity index (χ4n) is 3.35. The van der Waals surface area contributed by atoms with Crippen LogP contribution in [0.5, 0.6) is 0 Å². The predicted octanol–water partition coefficient (Wildman–Crippen LogP) is 5.37. The zero-order valence-electron chi connectivity index (χ0n) is 15.1. The molecule has 0 bridgehead atoms. The third-order valence-electron chi connectivity index (χ3n) is 4.68. The Morgan fingerprint density at radius 3 is 2.04 bits per heavy atom. The lowest BCUT2D eigenvalue weighted by Gasteiger charge is -2.36. The average molecular weight is 335 g/mol. The Labute approximate surface area is 147 Å². The van der Waals surface area contributed by atoms with Gasteiger partial charge >= 0.3 is 0 Å². The molecule has 2 aliphatic rings. The molecule has 0 aromatic carbocycles. The SMILES string of the molecule is C=CCC1CCCCC1=O.C=CCOC1(OCC=C)CCCCC1. The van der Waals surface area contributed by atoms with Gasteiger partial charge in [0.25, 0.3) is 0 Å². The van der Waals surface area contributed by atoms with Crippen LogP contribution in [0.15, 0.2) is 38.0 Å². The molecular formula is C21H34O3. The molecule has 2 aliphatic carbocycles. The Kier molecular flexibility index (Phi) is 10.6. The lowest BCUT2D eigenvalue weighted by molar-refractivity contribution is -0.241. The zero-order chi connectivity index (χ0) is 17.7. The molecule has 24 heavy (non-hydrogen) atoms. The molecule has 0 aliphatic heterocycles. The summed E-state index contributed by atoms with van der Waals surface area (Å²) in [5, 5.41) is 0. The average Bonchev–Trinajstić information content (AvgIpc) is 2.62. The van der Waals surface area contributed by atoms with Gasteiger partial charge in [-0.25, -0.2) is 0 Å². The molecule has 2 rings (SSSR count). The van der Waals surface area contributed by atoms with Crippen LogP contribution in [0.2, 0.25) is 0 Å². The monoisotopic (exact) mass is 334 g/mol. The second-order valence-electron chi connectivity index (χ2n) is 6.60. The normalized spacial score (nSPS) is 22.8. The number of rotatable bonds is 8. The van der Waals surface area contributed by atoms with E-state index in [2.05, 4.69) is 19.7 Å². The number of hydrogen-bond donors (Lipinski definition) is 0. The molecule has 2 saturated carbocycles. The molecule has 1 unspecified atom stereocenters. The summed E-state index contributed by atoms with van der Waals surface area (Å²) < 4.78 is 11.5. The minimum atomic E-state index is -0.360. The fraction of sp³-hybridized carbons (Fsp3) is 0.667. The van der Waals surface area contributed by atoms with Crippen LogP contribution in [0.4, 0.5) is 0 Å². The van der Waals surface area contributed by atoms with Gasteiger partial charge in [0.2, 0.25) is 0 Å². The van der Waals surface area contributed by atoms with Gasteiger partial charge in [-0.05, 0) is 32.1 Å². The van der Waals surface area contributed by atoms with Crippen molar-refractivity contribution in [3.8, 4) is 0 Å². The van der Waals surface area contributed by atoms with E-state index < -0.39 is 0 Å². The van der Waals surface area contributed by atoms with Crippen LogP contribution in [0.1, 0.15) is 64.2 Å². The molecule has 0 N–H and O–H groups in total. The maximum Gasteiger partial charge on any atom is 0.169 e. The largest absolute Gasteiger partial charge is 0.346 e. The van der Waals surface area contributed by atoms with E-state index in [1.54, 1.807) is 12.2 Å². The Morgan fingerprint density at radius 2 is 1.54 bits per heavy atom. The van der Waals surface area contributed by atoms with Gasteiger partial charge in [0.05, 0.1) is 13.2 Å². The van der Waals surface area contributed by atoms with Crippen molar-refractivity contribution >= 4 is 5.78 Å². The van der Waals surface area contributed by atoms with Gasteiger partial charge in [-0.2, -0.15) is 0 Å². The van der Waals surface area contributed by atoms with Crippen LogP contribution in [-0.2, 0) is 14.3 Å². The number of ether oxygens (including phenoxy) is 2. The van der Waals surface area contributed by atoms with Gasteiger partial charge in [0.1, 0.15) is 5.78 Å². The van der Waals surface area contributed by atoms with Crippen LogP contribution in [0, 0.1) is 5.92 Å². The second kappa shape index (κ2) is 12.2. The number of carbonyl (C=O) groups is 1. The number of ketones is 1. The van der Waals surface area contributed by atoms with Crippen LogP contribution >= 0.6 is 0 Å². The molecule has 0 aromatic heterocycles. The molecule has 136 valence electrons. The van der Waals surface area contributed by atoms with E-state index in [1.165, 1.54) is 25.7 Å². The van der Waals surface area contributed by atoms with E-state index in [-0.39, 0.29) is 5.79 Å². The molecule has 3 heteroatoms. The predicted molar refractivity (Wildman–Crippen MR) is 99.9 cm³/mol. The Balaban J connectivity index is 0.000000254. The van der Waals surface area contributed by atoms with Crippen LogP contribution < -0.4 is 0 Å². The summed E-state index contributed by atoms with van der Waals surface area (Å²) >= 11 is 0. The standard InChI is InChI=1S/C12H20O2.C9H14O/c1-3-10-13-12(14-11-4-2)8-6-5-7-9-12;1-2-5-8-6-3-4-7-9(8)10/h3-4H,1-2,5-11H2;2,8H,1,3-7H2. The first-order valence-corrected chi connectivity index (χ1v) is 9.31. The van der Waals surface area contributed by atoms with Gasteiger partial charge in [-0.1, -0.05) is 31.1 Å². The van der Waals surface area contributed by atoms with Crippen molar-refractivity contribution in [3.63, 3.8) is 0 Å². The summed E-state index contributed by atoms with van der Waals surface area (Å²) in [6.07, 6.45) is 16.2. The van der Waals surface area contributed by atoms with E-state index in [4.69, 9.17) is 9.47 Å². The Morgan fingerprint density at radius 1 is 0.917 bits per heavy atom. The van der Waals surface area contributed by atoms with Crippen molar-refractivity contribution in [2.45, 2.75) is 70.0 Å². The summed E-state index contributed by atoms with van der Waals surface area (Å²) in [6.45, 7) is 12.1. The topological polar surface area (TPSA) is 35.5 Å². The van der Waals surface area contributed by atoms with Crippen molar-refractivity contribution < 1.29 is 14.3 Å². The molecule has 0 heterocycles. The minimum absolute atomic E-state index is 0.311. The minimum Gasteiger partial charge on any atom is -0.346 e. The van der Waals surface area contributed by atoms with Crippen molar-refractivity contribution in [1.82, 2.24) is 0 Å². The number of allylic oxidation sites excluding steroid dienone is 1. The first-order valence-electron chi connectivity index (χ1n) is 9.31. The highest BCUT2D eigenvalue weighted by molar-refractivity contribution is 5.81. The summed E-state index contributed by atoms with van der Waals surface area (Å²) in [5.74, 6) is 0.401. The first kappa shape index (κ1) is 20.9. The summed E-state index contributed by atoms with van der Waals surface area (Å²) in [7, 11) is 0. The van der Waals surface area contributed by atoms with E-state index in [1.807, 2.05) is 6.08 Å². The van der Waals surface area contributed by atoms with Crippen molar-refractivity contribution in [2.24, 2.45) is 5.92 Å². The number of carbonyl (C=O) groups excluding carboxylic acids is 1. The maximum absolute atomic E-state index is 11.1. The lowest BCUT2D eigenvalue weighted by atomic mass is 9.86. The van der Waals surface area contributed by atoms with Gasteiger partial charge < -0.3 is 9.47 Å². The smallest absolute Gasteiger partial charge is 0.169 e. The highest BCUT2D eigenvalue weighted by atomic mass is 16.7. The summed E-state index contributed by atoms with van der Waals surface area (Å²) in [6, 6.07) is 0. The van der Waals surface area contributed by atoms with Crippen LogP contribution in [-0.4, -0.2) is 24.8 Å². The summed E-state index contributed by atoms with van der Waals surface area (Å²) in [4.78, 5) is 11.1. The molecule has 0 radical (unpaired) electrons. The quantitative estimate of drug-likeness (QED) is 0.442. The Hall–Kier alpha value is -1.19. The van der Waals surface area contributed by atoms with Crippen molar-refractivity contribution in [2.75, 3.05) is 13.2 Å². The number of Topliss-reactive ketones (excluding diaryl/α,β-unsaturated/α-hetero) is 1. The highest BCUT2D eigenvalue weighted by Gasteiger charge is 2.33. The van der Waals surface area contributed by atoms with Gasteiger partial charge in [0, 0.05) is 25.2 Å². The van der Waals surface area contributed by atoms with Crippen LogP contribution in [0.3, 0.4) is 0 Å². The van der Waals surface area contributed by atoms with E-state index in [0.29, 0.717) is 24.9 Å². The second-order valence-corrected chi connectivity index (χ2v) is 6.60. The molecule has 0 amide bonds. The van der Waals surface area contributed by atoms with Crippen molar-refractivity contribution in [3.05, 3.63) is 38.0 Å². The van der Waals surface area contributed by atoms with E-state index in [0.717, 1.165) is 38.5 Å². The summed E-state index contributed by atoms with van der Waals surface area (Å²) in [5.41, 5.74) is 0.